The van der Waals surface area contributed by atoms with Crippen LogP contribution < -0.4 is 4.74 Å². The van der Waals surface area contributed by atoms with Crippen molar-refractivity contribution in [2.24, 2.45) is 0 Å². The van der Waals surface area contributed by atoms with E-state index in [1.807, 2.05) is 0 Å². The van der Waals surface area contributed by atoms with Crippen LogP contribution in [0.25, 0.3) is 28.3 Å². The highest BCUT2D eigenvalue weighted by Crippen LogP contribution is 2.35. The third-order valence-electron chi connectivity index (χ3n) is 4.04. The molecule has 3 aromatic carbocycles. The summed E-state index contributed by atoms with van der Waals surface area (Å²) in [6.45, 7) is 3.51. The van der Waals surface area contributed by atoms with Crippen LogP contribution in [0.2, 0.25) is 0 Å². The molecule has 0 spiro atoms. The van der Waals surface area contributed by atoms with Crippen molar-refractivity contribution in [1.29, 1.82) is 0 Å². The maximum absolute atomic E-state index is 14.5. The van der Waals surface area contributed by atoms with Crippen LogP contribution >= 0.6 is 0 Å². The smallest absolute Gasteiger partial charge is 0.399 e. The molecule has 0 bridgehead atoms. The minimum absolute atomic E-state index is 0.0901. The fraction of sp³-hybridized carbons (Fsp3) is 0.0476. The Kier molecular flexibility index (Phi) is 5.37. The first-order valence-corrected chi connectivity index (χ1v) is 8.06. The summed E-state index contributed by atoms with van der Waals surface area (Å²) in [4.78, 5) is 0. The van der Waals surface area contributed by atoms with Crippen LogP contribution in [-0.4, -0.2) is 6.36 Å². The van der Waals surface area contributed by atoms with E-state index in [4.69, 9.17) is 0 Å². The average Bonchev–Trinajstić information content (AvgIpc) is 2.63. The molecule has 8 heteroatoms. The number of ether oxygens (including phenoxy) is 1. The van der Waals surface area contributed by atoms with Crippen molar-refractivity contribution in [1.82, 2.24) is 0 Å². The molecule has 0 saturated heterocycles. The molecule has 0 aliphatic carbocycles. The van der Waals surface area contributed by atoms with Crippen LogP contribution in [0.5, 0.6) is 5.75 Å². The summed E-state index contributed by atoms with van der Waals surface area (Å²) in [6.07, 6.45) is -3.85. The quantitative estimate of drug-likeness (QED) is 0.415. The molecule has 29 heavy (non-hydrogen) atoms. The Morgan fingerprint density at radius 3 is 1.72 bits per heavy atom. The van der Waals surface area contributed by atoms with Gasteiger partial charge in [-0.2, -0.15) is 0 Å². The van der Waals surface area contributed by atoms with Crippen molar-refractivity contribution in [3.05, 3.63) is 83.9 Å². The first-order valence-electron chi connectivity index (χ1n) is 8.06. The summed E-state index contributed by atoms with van der Waals surface area (Å²) in [6, 6.07) is 8.65. The zero-order chi connectivity index (χ0) is 21.3. The van der Waals surface area contributed by atoms with Gasteiger partial charge in [0.2, 0.25) is 5.75 Å². The van der Waals surface area contributed by atoms with E-state index in [1.165, 1.54) is 24.3 Å². The van der Waals surface area contributed by atoms with Crippen LogP contribution in [0, 0.1) is 23.3 Å². The zero-order valence-electron chi connectivity index (χ0n) is 14.5. The van der Waals surface area contributed by atoms with Gasteiger partial charge in [-0.05, 0) is 41.0 Å². The topological polar surface area (TPSA) is 9.23 Å². The molecule has 0 radical (unpaired) electrons. The molecule has 0 heterocycles. The van der Waals surface area contributed by atoms with E-state index >= 15 is 0 Å². The van der Waals surface area contributed by atoms with E-state index in [2.05, 4.69) is 11.3 Å². The Morgan fingerprint density at radius 1 is 0.690 bits per heavy atom. The summed E-state index contributed by atoms with van der Waals surface area (Å²) in [7, 11) is 0. The van der Waals surface area contributed by atoms with Gasteiger partial charge in [-0.15, -0.1) is 13.2 Å². The van der Waals surface area contributed by atoms with Gasteiger partial charge in [0.1, 0.15) is 11.6 Å². The Hall–Kier alpha value is -3.29. The molecule has 0 aromatic heterocycles. The number of halogens is 7. The molecule has 0 amide bonds. The molecule has 0 aliphatic rings. The van der Waals surface area contributed by atoms with E-state index in [1.54, 1.807) is 6.07 Å². The number of hydrogen-bond acceptors (Lipinski definition) is 1. The molecule has 150 valence electrons. The summed E-state index contributed by atoms with van der Waals surface area (Å²) < 4.78 is 96.5. The summed E-state index contributed by atoms with van der Waals surface area (Å²) in [5.41, 5.74) is 0.148. The van der Waals surface area contributed by atoms with Gasteiger partial charge in [-0.3, -0.25) is 0 Å². The highest BCUT2D eigenvalue weighted by atomic mass is 19.4. The zero-order valence-corrected chi connectivity index (χ0v) is 14.5. The van der Waals surface area contributed by atoms with E-state index in [0.717, 1.165) is 12.1 Å². The predicted octanol–water partition coefficient (Wildman–Crippen LogP) is 7.12. The van der Waals surface area contributed by atoms with Crippen molar-refractivity contribution < 1.29 is 35.5 Å². The molecule has 0 atom stereocenters. The van der Waals surface area contributed by atoms with E-state index in [-0.39, 0.29) is 22.3 Å². The Balaban J connectivity index is 2.00. The van der Waals surface area contributed by atoms with Crippen LogP contribution in [-0.2, 0) is 0 Å². The minimum atomic E-state index is -5.29. The molecule has 0 fully saturated rings. The molecule has 0 aliphatic heterocycles. The second kappa shape index (κ2) is 7.62. The highest BCUT2D eigenvalue weighted by Gasteiger charge is 2.34. The first-order chi connectivity index (χ1) is 13.6. The minimum Gasteiger partial charge on any atom is -0.399 e. The molecular weight excluding hydrogens is 401 g/mol. The van der Waals surface area contributed by atoms with Gasteiger partial charge < -0.3 is 4.74 Å². The molecule has 0 saturated carbocycles. The lowest BCUT2D eigenvalue weighted by Crippen LogP contribution is -2.19. The number of rotatable bonds is 4. The van der Waals surface area contributed by atoms with E-state index < -0.39 is 35.4 Å². The van der Waals surface area contributed by atoms with Gasteiger partial charge in [-0.25, -0.2) is 17.6 Å². The van der Waals surface area contributed by atoms with Crippen LogP contribution in [0.3, 0.4) is 0 Å². The predicted molar refractivity (Wildman–Crippen MR) is 93.9 cm³/mol. The lowest BCUT2D eigenvalue weighted by molar-refractivity contribution is -0.276. The molecule has 0 N–H and O–H groups in total. The Bertz CT molecular complexity index is 1060. The molecular formula is C21H11F7O. The lowest BCUT2D eigenvalue weighted by atomic mass is 9.98. The second-order valence-electron chi connectivity index (χ2n) is 5.95. The van der Waals surface area contributed by atoms with Crippen molar-refractivity contribution in [2.75, 3.05) is 0 Å². The van der Waals surface area contributed by atoms with Gasteiger partial charge in [0.15, 0.2) is 11.6 Å². The largest absolute Gasteiger partial charge is 0.573 e. The molecule has 0 unspecified atom stereocenters. The summed E-state index contributed by atoms with van der Waals surface area (Å²) in [5, 5.41) is 0. The second-order valence-corrected chi connectivity index (χ2v) is 5.95. The van der Waals surface area contributed by atoms with Gasteiger partial charge in [-0.1, -0.05) is 36.9 Å². The average molecular weight is 412 g/mol. The van der Waals surface area contributed by atoms with E-state index in [0.29, 0.717) is 17.7 Å². The number of benzene rings is 3. The fourth-order valence-corrected chi connectivity index (χ4v) is 2.74. The van der Waals surface area contributed by atoms with Crippen molar-refractivity contribution in [3.63, 3.8) is 0 Å². The van der Waals surface area contributed by atoms with Crippen molar-refractivity contribution in [3.8, 4) is 28.0 Å². The summed E-state index contributed by atoms with van der Waals surface area (Å²) in [5.74, 6) is -6.50. The molecule has 3 aromatic rings. The maximum Gasteiger partial charge on any atom is 0.573 e. The van der Waals surface area contributed by atoms with Crippen LogP contribution in [0.1, 0.15) is 5.56 Å². The van der Waals surface area contributed by atoms with Crippen LogP contribution in [0.15, 0.2) is 55.1 Å². The van der Waals surface area contributed by atoms with Crippen molar-refractivity contribution in [2.45, 2.75) is 6.36 Å². The third-order valence-corrected chi connectivity index (χ3v) is 4.04. The maximum atomic E-state index is 14.5. The lowest BCUT2D eigenvalue weighted by Gasteiger charge is -2.13. The van der Waals surface area contributed by atoms with Gasteiger partial charge in [0.05, 0.1) is 0 Å². The number of hydrogen-bond donors (Lipinski definition) is 0. The first kappa shape index (κ1) is 20.4. The summed E-state index contributed by atoms with van der Waals surface area (Å²) >= 11 is 0. The number of alkyl halides is 3. The van der Waals surface area contributed by atoms with E-state index in [9.17, 15) is 30.7 Å². The fourth-order valence-electron chi connectivity index (χ4n) is 2.74. The SMILES string of the molecule is C=Cc1ccc(-c2ccc(-c3cc(F)c(OC(F)(F)F)c(F)c3)c(F)c2)c(F)c1. The van der Waals surface area contributed by atoms with Crippen LogP contribution in [0.4, 0.5) is 30.7 Å². The standard InChI is InChI=1S/C21H11F7O/c1-2-11-3-5-14(16(22)7-11)12-4-6-15(17(23)8-12)13-9-18(24)20(19(25)10-13)29-21(26,27)28/h2-10H,1H2. The van der Waals surface area contributed by atoms with Crippen molar-refractivity contribution >= 4 is 6.08 Å². The normalized spacial score (nSPS) is 11.4. The monoisotopic (exact) mass is 412 g/mol. The van der Waals surface area contributed by atoms with Gasteiger partial charge in [0.25, 0.3) is 0 Å². The Labute approximate surface area is 160 Å². The van der Waals surface area contributed by atoms with Gasteiger partial charge >= 0.3 is 6.36 Å². The Morgan fingerprint density at radius 2 is 1.21 bits per heavy atom. The third kappa shape index (κ3) is 4.42. The highest BCUT2D eigenvalue weighted by molar-refractivity contribution is 5.72. The molecule has 3 rings (SSSR count). The van der Waals surface area contributed by atoms with Gasteiger partial charge in [0, 0.05) is 11.1 Å². The molecule has 1 nitrogen and oxygen atoms in total.